The molecule has 0 amide bonds. The first-order chi connectivity index (χ1) is 3.43. The molecule has 0 atom stereocenters. The van der Waals surface area contributed by atoms with Crippen LogP contribution in [0.2, 0.25) is 4.18 Å². The zero-order chi connectivity index (χ0) is 5.11. The summed E-state index contributed by atoms with van der Waals surface area (Å²) in [4.78, 5) is 10.0. The Morgan fingerprint density at radius 1 is 1.71 bits per heavy atom. The van der Waals surface area contributed by atoms with Crippen molar-refractivity contribution >= 4 is 25.5 Å². The average molecular weight is 198 g/mol. The standard InChI is InChI=1S/C4H6.CHO.In/c1-3-4-2;1-2;/h1,3H,2,4H2;1H;. The van der Waals surface area contributed by atoms with Crippen molar-refractivity contribution < 1.29 is 4.79 Å². The molecule has 0 unspecified atom stereocenters. The van der Waals surface area contributed by atoms with Gasteiger partial charge < -0.3 is 0 Å². The molecular formula is C5H7InO. The zero-order valence-corrected chi connectivity index (χ0v) is 7.43. The zero-order valence-electron chi connectivity index (χ0n) is 4.13. The van der Waals surface area contributed by atoms with Crippen molar-refractivity contribution in [3.8, 4) is 0 Å². The molecule has 2 heteroatoms. The molecule has 1 heterocycles. The summed E-state index contributed by atoms with van der Waals surface area (Å²) in [6.45, 7) is 0. The van der Waals surface area contributed by atoms with Gasteiger partial charge in [-0.15, -0.1) is 0 Å². The van der Waals surface area contributed by atoms with E-state index in [4.69, 9.17) is 0 Å². The predicted octanol–water partition coefficient (Wildman–Crippen LogP) is 0.752. The summed E-state index contributed by atoms with van der Waals surface area (Å²) in [5.74, 6) is 0. The predicted molar refractivity (Wildman–Crippen MR) is 31.1 cm³/mol. The topological polar surface area (TPSA) is 17.1 Å². The summed E-state index contributed by atoms with van der Waals surface area (Å²) >= 11 is -1.51. The van der Waals surface area contributed by atoms with Crippen LogP contribution < -0.4 is 0 Å². The molecule has 7 heavy (non-hydrogen) atoms. The van der Waals surface area contributed by atoms with Crippen LogP contribution in [0, 0.1) is 0 Å². The first kappa shape index (κ1) is 5.42. The third-order valence-corrected chi connectivity index (χ3v) is 7.26. The van der Waals surface area contributed by atoms with E-state index in [0.29, 0.717) is 0 Å². The Hall–Kier alpha value is 0.280. The maximum absolute atomic E-state index is 10.0. The van der Waals surface area contributed by atoms with Crippen LogP contribution in [0.4, 0.5) is 0 Å². The van der Waals surface area contributed by atoms with Gasteiger partial charge in [0.05, 0.1) is 0 Å². The van der Waals surface area contributed by atoms with E-state index in [-0.39, 0.29) is 0 Å². The summed E-state index contributed by atoms with van der Waals surface area (Å²) in [5.41, 5.74) is 0. The third-order valence-electron chi connectivity index (χ3n) is 1.22. The van der Waals surface area contributed by atoms with Crippen LogP contribution in [0.1, 0.15) is 6.42 Å². The second-order valence-corrected chi connectivity index (χ2v) is 9.12. The number of hydrogen-bond acceptors (Lipinski definition) is 1. The van der Waals surface area contributed by atoms with Crippen LogP contribution in [0.5, 0.6) is 0 Å². The molecule has 0 aliphatic carbocycles. The van der Waals surface area contributed by atoms with E-state index in [9.17, 15) is 4.79 Å². The number of rotatable bonds is 1. The molecule has 1 nitrogen and oxygen atoms in total. The maximum atomic E-state index is 10.0. The van der Waals surface area contributed by atoms with Crippen molar-refractivity contribution in [3.63, 3.8) is 0 Å². The van der Waals surface area contributed by atoms with Crippen molar-refractivity contribution in [1.29, 1.82) is 0 Å². The van der Waals surface area contributed by atoms with E-state index in [2.05, 4.69) is 9.91 Å². The second-order valence-electron chi connectivity index (χ2n) is 1.81. The number of allylic oxidation sites excluding steroid dienone is 1. The molecule has 0 saturated heterocycles. The van der Waals surface area contributed by atoms with Gasteiger partial charge >= 0.3 is 50.8 Å². The minimum atomic E-state index is -1.51. The summed E-state index contributed by atoms with van der Waals surface area (Å²) in [7, 11) is 0. The van der Waals surface area contributed by atoms with Crippen LogP contribution in [0.15, 0.2) is 9.91 Å². The Balaban J connectivity index is 2.42. The Labute approximate surface area is 50.9 Å². The van der Waals surface area contributed by atoms with Gasteiger partial charge in [0, 0.05) is 0 Å². The van der Waals surface area contributed by atoms with Gasteiger partial charge in [0.15, 0.2) is 0 Å². The van der Waals surface area contributed by atoms with Gasteiger partial charge in [-0.2, -0.15) is 0 Å². The van der Waals surface area contributed by atoms with Gasteiger partial charge in [-0.25, -0.2) is 0 Å². The molecule has 0 fully saturated rings. The molecule has 0 bridgehead atoms. The molecule has 0 N–H and O–H groups in total. The van der Waals surface area contributed by atoms with Crippen molar-refractivity contribution in [2.75, 3.05) is 0 Å². The molecule has 1 aliphatic heterocycles. The Morgan fingerprint density at radius 3 is 2.86 bits per heavy atom. The molecule has 0 saturated carbocycles. The van der Waals surface area contributed by atoms with Crippen LogP contribution in [-0.2, 0) is 4.79 Å². The second kappa shape index (κ2) is 2.55. The van der Waals surface area contributed by atoms with Crippen LogP contribution in [0.25, 0.3) is 0 Å². The van der Waals surface area contributed by atoms with E-state index >= 15 is 0 Å². The van der Waals surface area contributed by atoms with Gasteiger partial charge in [0.1, 0.15) is 0 Å². The molecule has 0 radical (unpaired) electrons. The fourth-order valence-corrected chi connectivity index (χ4v) is 5.16. The summed E-state index contributed by atoms with van der Waals surface area (Å²) in [6.07, 6.45) is 3.33. The van der Waals surface area contributed by atoms with Crippen LogP contribution >= 0.6 is 0 Å². The fourth-order valence-electron chi connectivity index (χ4n) is 0.769. The Bertz CT molecular complexity index is 98.3. The van der Waals surface area contributed by atoms with Gasteiger partial charge in [-0.05, 0) is 0 Å². The number of hydrogen-bond donors (Lipinski definition) is 0. The van der Waals surface area contributed by atoms with Gasteiger partial charge in [0.25, 0.3) is 0 Å². The first-order valence-electron chi connectivity index (χ1n) is 2.55. The van der Waals surface area contributed by atoms with Crippen molar-refractivity contribution in [2.45, 2.75) is 10.6 Å². The van der Waals surface area contributed by atoms with Gasteiger partial charge in [-0.1, -0.05) is 0 Å². The monoisotopic (exact) mass is 198 g/mol. The van der Waals surface area contributed by atoms with Gasteiger partial charge in [0.2, 0.25) is 0 Å². The van der Waals surface area contributed by atoms with Crippen molar-refractivity contribution in [3.05, 3.63) is 9.91 Å². The van der Waals surface area contributed by atoms with E-state index in [1.807, 2.05) is 0 Å². The molecule has 0 aromatic rings. The summed E-state index contributed by atoms with van der Waals surface area (Å²) < 4.78 is 4.63. The Kier molecular flexibility index (Phi) is 1.98. The summed E-state index contributed by atoms with van der Waals surface area (Å²) in [5, 5.41) is 0. The van der Waals surface area contributed by atoms with Gasteiger partial charge in [-0.3, -0.25) is 0 Å². The average Bonchev–Trinajstić information content (AvgIpc) is 2.14. The quantitative estimate of drug-likeness (QED) is 0.568. The normalized spacial score (nSPS) is 18.0. The Morgan fingerprint density at radius 2 is 2.57 bits per heavy atom. The van der Waals surface area contributed by atoms with E-state index < -0.39 is 21.4 Å². The molecule has 0 aromatic carbocycles. The fraction of sp³-hybridized carbons (Fsp3) is 0.400. The minimum absolute atomic E-state index is 1.18. The van der Waals surface area contributed by atoms with E-state index in [0.717, 1.165) is 0 Å². The molecule has 1 aliphatic rings. The molecular weight excluding hydrogens is 191 g/mol. The third kappa shape index (κ3) is 1.34. The van der Waals surface area contributed by atoms with E-state index in [1.54, 1.807) is 0 Å². The SMILES string of the molecule is O=[CH][In]1[CH]=CC[CH2]1. The van der Waals surface area contributed by atoms with Crippen LogP contribution in [-0.4, -0.2) is 25.5 Å². The molecule has 1 rings (SSSR count). The molecule has 36 valence electrons. The molecule has 0 spiro atoms. The van der Waals surface area contributed by atoms with Crippen molar-refractivity contribution in [2.24, 2.45) is 0 Å². The van der Waals surface area contributed by atoms with Crippen molar-refractivity contribution in [1.82, 2.24) is 0 Å². The molecule has 0 aromatic heterocycles. The number of carbonyl (C=O) groups excluding carboxylic acids is 1. The number of carbonyl (C=O) groups is 1. The summed E-state index contributed by atoms with van der Waals surface area (Å²) in [6, 6.07) is 0. The van der Waals surface area contributed by atoms with E-state index in [1.165, 1.54) is 14.6 Å². The first-order valence-corrected chi connectivity index (χ1v) is 8.69. The van der Waals surface area contributed by atoms with Crippen LogP contribution in [0.3, 0.4) is 0 Å².